The molecule has 0 saturated heterocycles. The first-order valence-electron chi connectivity index (χ1n) is 8.15. The summed E-state index contributed by atoms with van der Waals surface area (Å²) in [4.78, 5) is 5.93. The SMILES string of the molecule is Cc1nc(-c2cccc(NCc3cn[nH]c3C(C)(C)C)c2)sc1C. The molecule has 0 aliphatic rings. The van der Waals surface area contributed by atoms with E-state index in [4.69, 9.17) is 0 Å². The molecule has 3 aromatic rings. The van der Waals surface area contributed by atoms with Crippen LogP contribution in [0.1, 0.15) is 42.6 Å². The number of nitrogens with one attached hydrogen (secondary N) is 2. The van der Waals surface area contributed by atoms with Gasteiger partial charge in [-0.25, -0.2) is 4.98 Å². The molecule has 0 bridgehead atoms. The van der Waals surface area contributed by atoms with E-state index in [9.17, 15) is 0 Å². The molecule has 0 aliphatic carbocycles. The summed E-state index contributed by atoms with van der Waals surface area (Å²) in [7, 11) is 0. The third-order valence-electron chi connectivity index (χ3n) is 4.09. The summed E-state index contributed by atoms with van der Waals surface area (Å²) in [6.07, 6.45) is 1.91. The highest BCUT2D eigenvalue weighted by molar-refractivity contribution is 7.15. The van der Waals surface area contributed by atoms with Gasteiger partial charge in [0.2, 0.25) is 0 Å². The van der Waals surface area contributed by atoms with Gasteiger partial charge in [0.05, 0.1) is 11.9 Å². The number of nitrogens with zero attached hydrogens (tertiary/aromatic N) is 2. The van der Waals surface area contributed by atoms with Gasteiger partial charge in [0.15, 0.2) is 0 Å². The number of H-pyrrole nitrogens is 1. The first-order valence-corrected chi connectivity index (χ1v) is 8.97. The molecule has 2 heterocycles. The molecule has 0 saturated carbocycles. The number of hydrogen-bond acceptors (Lipinski definition) is 4. The molecule has 0 atom stereocenters. The van der Waals surface area contributed by atoms with Crippen LogP contribution in [-0.2, 0) is 12.0 Å². The Morgan fingerprint density at radius 2 is 2.00 bits per heavy atom. The van der Waals surface area contributed by atoms with Crippen molar-refractivity contribution in [2.45, 2.75) is 46.6 Å². The van der Waals surface area contributed by atoms with Crippen LogP contribution in [0.3, 0.4) is 0 Å². The lowest BCUT2D eigenvalue weighted by Crippen LogP contribution is -2.15. The zero-order valence-electron chi connectivity index (χ0n) is 14.9. The third kappa shape index (κ3) is 3.51. The summed E-state index contributed by atoms with van der Waals surface area (Å²) in [5.74, 6) is 0. The number of aromatic nitrogens is 3. The molecular weight excluding hydrogens is 316 g/mol. The van der Waals surface area contributed by atoms with Crippen LogP contribution < -0.4 is 5.32 Å². The lowest BCUT2D eigenvalue weighted by Gasteiger charge is -2.18. The Balaban J connectivity index is 1.77. The van der Waals surface area contributed by atoms with Gasteiger partial charge in [0.1, 0.15) is 5.01 Å². The normalized spacial score (nSPS) is 11.7. The third-order valence-corrected chi connectivity index (χ3v) is 5.21. The van der Waals surface area contributed by atoms with E-state index in [-0.39, 0.29) is 5.41 Å². The Morgan fingerprint density at radius 3 is 2.67 bits per heavy atom. The Labute approximate surface area is 147 Å². The van der Waals surface area contributed by atoms with Gasteiger partial charge in [-0.3, -0.25) is 5.10 Å². The average molecular weight is 340 g/mol. The number of benzene rings is 1. The van der Waals surface area contributed by atoms with E-state index >= 15 is 0 Å². The van der Waals surface area contributed by atoms with Crippen LogP contribution in [0.5, 0.6) is 0 Å². The zero-order chi connectivity index (χ0) is 17.3. The van der Waals surface area contributed by atoms with Crippen molar-refractivity contribution in [1.82, 2.24) is 15.2 Å². The van der Waals surface area contributed by atoms with E-state index in [1.54, 1.807) is 11.3 Å². The summed E-state index contributed by atoms with van der Waals surface area (Å²) in [5, 5.41) is 11.9. The number of thiazole rings is 1. The Bertz CT molecular complexity index is 820. The Hall–Kier alpha value is -2.14. The van der Waals surface area contributed by atoms with Gasteiger partial charge in [-0.05, 0) is 26.0 Å². The van der Waals surface area contributed by atoms with Crippen molar-refractivity contribution < 1.29 is 0 Å². The second-order valence-electron chi connectivity index (χ2n) is 7.12. The van der Waals surface area contributed by atoms with Crippen molar-refractivity contribution in [1.29, 1.82) is 0 Å². The summed E-state index contributed by atoms with van der Waals surface area (Å²) >= 11 is 1.74. The highest BCUT2D eigenvalue weighted by Crippen LogP contribution is 2.29. The van der Waals surface area contributed by atoms with Gasteiger partial charge in [0.25, 0.3) is 0 Å². The number of rotatable bonds is 4. The fourth-order valence-electron chi connectivity index (χ4n) is 2.65. The molecule has 3 rings (SSSR count). The summed E-state index contributed by atoms with van der Waals surface area (Å²) in [6, 6.07) is 8.44. The molecular formula is C19H24N4S. The lowest BCUT2D eigenvalue weighted by molar-refractivity contribution is 0.561. The molecule has 0 radical (unpaired) electrons. The van der Waals surface area contributed by atoms with E-state index in [2.05, 4.69) is 79.4 Å². The maximum atomic E-state index is 4.65. The van der Waals surface area contributed by atoms with Gasteiger partial charge < -0.3 is 5.32 Å². The molecule has 0 spiro atoms. The Morgan fingerprint density at radius 1 is 1.21 bits per heavy atom. The maximum absolute atomic E-state index is 4.65. The lowest BCUT2D eigenvalue weighted by atomic mass is 9.89. The van der Waals surface area contributed by atoms with Crippen LogP contribution in [0.4, 0.5) is 5.69 Å². The highest BCUT2D eigenvalue weighted by atomic mass is 32.1. The minimum Gasteiger partial charge on any atom is -0.381 e. The smallest absolute Gasteiger partial charge is 0.123 e. The minimum atomic E-state index is 0.0608. The van der Waals surface area contributed by atoms with E-state index in [1.165, 1.54) is 16.1 Å². The van der Waals surface area contributed by atoms with Crippen molar-refractivity contribution in [3.05, 3.63) is 52.3 Å². The van der Waals surface area contributed by atoms with Gasteiger partial charge in [-0.2, -0.15) is 5.10 Å². The summed E-state index contributed by atoms with van der Waals surface area (Å²) in [6.45, 7) is 11.5. The first-order chi connectivity index (χ1) is 11.3. The number of hydrogen-bond donors (Lipinski definition) is 2. The van der Waals surface area contributed by atoms with Gasteiger partial charge in [-0.15, -0.1) is 11.3 Å². The van der Waals surface area contributed by atoms with E-state index in [0.717, 1.165) is 28.5 Å². The molecule has 0 unspecified atom stereocenters. The number of aryl methyl sites for hydroxylation is 2. The number of anilines is 1. The van der Waals surface area contributed by atoms with Crippen LogP contribution in [-0.4, -0.2) is 15.2 Å². The van der Waals surface area contributed by atoms with Crippen LogP contribution in [0.2, 0.25) is 0 Å². The van der Waals surface area contributed by atoms with Crippen molar-refractivity contribution >= 4 is 17.0 Å². The topological polar surface area (TPSA) is 53.6 Å². The zero-order valence-corrected chi connectivity index (χ0v) is 15.7. The predicted molar refractivity (Wildman–Crippen MR) is 102 cm³/mol. The second-order valence-corrected chi connectivity index (χ2v) is 8.32. The van der Waals surface area contributed by atoms with Gasteiger partial charge in [0, 0.05) is 39.3 Å². The molecule has 0 amide bonds. The highest BCUT2D eigenvalue weighted by Gasteiger charge is 2.19. The molecule has 0 aliphatic heterocycles. The largest absolute Gasteiger partial charge is 0.381 e. The molecule has 126 valence electrons. The van der Waals surface area contributed by atoms with E-state index in [1.807, 2.05) is 6.20 Å². The van der Waals surface area contributed by atoms with Gasteiger partial charge in [-0.1, -0.05) is 32.9 Å². The maximum Gasteiger partial charge on any atom is 0.123 e. The van der Waals surface area contributed by atoms with Crippen molar-refractivity contribution in [3.63, 3.8) is 0 Å². The van der Waals surface area contributed by atoms with Crippen molar-refractivity contribution in [2.24, 2.45) is 0 Å². The molecule has 4 nitrogen and oxygen atoms in total. The fourth-order valence-corrected chi connectivity index (χ4v) is 3.56. The van der Waals surface area contributed by atoms with Crippen LogP contribution in [0, 0.1) is 13.8 Å². The summed E-state index contributed by atoms with van der Waals surface area (Å²) < 4.78 is 0. The predicted octanol–water partition coefficient (Wildman–Crippen LogP) is 5.06. The van der Waals surface area contributed by atoms with E-state index in [0.29, 0.717) is 0 Å². The monoisotopic (exact) mass is 340 g/mol. The van der Waals surface area contributed by atoms with Crippen LogP contribution >= 0.6 is 11.3 Å². The molecule has 2 N–H and O–H groups in total. The van der Waals surface area contributed by atoms with Crippen LogP contribution in [0.15, 0.2) is 30.5 Å². The Kier molecular flexibility index (Phi) is 4.45. The second kappa shape index (κ2) is 6.40. The number of aromatic amines is 1. The van der Waals surface area contributed by atoms with Crippen molar-refractivity contribution in [2.75, 3.05) is 5.32 Å². The van der Waals surface area contributed by atoms with E-state index < -0.39 is 0 Å². The fraction of sp³-hybridized carbons (Fsp3) is 0.368. The van der Waals surface area contributed by atoms with Crippen LogP contribution in [0.25, 0.3) is 10.6 Å². The average Bonchev–Trinajstić information content (AvgIpc) is 3.13. The molecule has 1 aromatic carbocycles. The first kappa shape index (κ1) is 16.7. The summed E-state index contributed by atoms with van der Waals surface area (Å²) in [5.41, 5.74) is 5.81. The molecule has 5 heteroatoms. The molecule has 2 aromatic heterocycles. The molecule has 0 fully saturated rings. The minimum absolute atomic E-state index is 0.0608. The molecule has 24 heavy (non-hydrogen) atoms. The van der Waals surface area contributed by atoms with Crippen molar-refractivity contribution in [3.8, 4) is 10.6 Å². The quantitative estimate of drug-likeness (QED) is 0.698. The van der Waals surface area contributed by atoms with Gasteiger partial charge >= 0.3 is 0 Å². The standard InChI is InChI=1S/C19H24N4S/c1-12-13(2)24-18(22-12)14-7-6-8-16(9-14)20-10-15-11-21-23-17(15)19(3,4)5/h6-9,11,20H,10H2,1-5H3,(H,21,23).